The maximum Gasteiger partial charge on any atom is 0.407 e. The lowest BCUT2D eigenvalue weighted by molar-refractivity contribution is 0.0491. The molecular formula is C22H28N2O3. The van der Waals surface area contributed by atoms with E-state index in [2.05, 4.69) is 5.32 Å². The third-order valence-electron chi connectivity index (χ3n) is 3.87. The molecule has 0 aliphatic rings. The molecule has 0 unspecified atom stereocenters. The normalized spacial score (nSPS) is 12.2. The van der Waals surface area contributed by atoms with Crippen LogP contribution in [0.3, 0.4) is 0 Å². The van der Waals surface area contributed by atoms with Crippen LogP contribution in [0, 0.1) is 0 Å². The standard InChI is InChI=1S/C22H28N2O3/c1-16(23-21(26)27-22(2,3)4)15-24(5)20(25)19-13-9-12-18(14-19)17-10-7-6-8-11-17/h6-14,16H,15H2,1-5H3,(H,23,26)/t16-/m1/s1. The molecule has 1 atom stereocenters. The summed E-state index contributed by atoms with van der Waals surface area (Å²) < 4.78 is 5.25. The van der Waals surface area contributed by atoms with Crippen LogP contribution in [0.2, 0.25) is 0 Å². The zero-order valence-corrected chi connectivity index (χ0v) is 16.7. The van der Waals surface area contributed by atoms with Crippen molar-refractivity contribution in [2.24, 2.45) is 0 Å². The lowest BCUT2D eigenvalue weighted by Gasteiger charge is -2.25. The Bertz CT molecular complexity index is 782. The number of benzene rings is 2. The molecular weight excluding hydrogens is 340 g/mol. The molecule has 1 N–H and O–H groups in total. The van der Waals surface area contributed by atoms with E-state index in [-0.39, 0.29) is 11.9 Å². The van der Waals surface area contributed by atoms with Gasteiger partial charge in [0.1, 0.15) is 5.60 Å². The molecule has 2 amide bonds. The third-order valence-corrected chi connectivity index (χ3v) is 3.87. The number of alkyl carbamates (subject to hydrolysis) is 1. The topological polar surface area (TPSA) is 58.6 Å². The van der Waals surface area contributed by atoms with Gasteiger partial charge in [0.05, 0.1) is 0 Å². The van der Waals surface area contributed by atoms with Gasteiger partial charge in [-0.1, -0.05) is 42.5 Å². The summed E-state index contributed by atoms with van der Waals surface area (Å²) in [6.45, 7) is 7.66. The van der Waals surface area contributed by atoms with E-state index in [4.69, 9.17) is 4.74 Å². The van der Waals surface area contributed by atoms with Crippen LogP contribution in [-0.2, 0) is 4.74 Å². The number of likely N-dealkylation sites (N-methyl/N-ethyl adjacent to an activating group) is 1. The summed E-state index contributed by atoms with van der Waals surface area (Å²) in [4.78, 5) is 26.2. The van der Waals surface area contributed by atoms with Gasteiger partial charge < -0.3 is 15.0 Å². The lowest BCUT2D eigenvalue weighted by atomic mass is 10.0. The Morgan fingerprint density at radius 2 is 1.67 bits per heavy atom. The molecule has 5 nitrogen and oxygen atoms in total. The van der Waals surface area contributed by atoms with Crippen LogP contribution in [0.1, 0.15) is 38.1 Å². The number of carbonyl (C=O) groups excluding carboxylic acids is 2. The second-order valence-electron chi connectivity index (χ2n) is 7.68. The number of nitrogens with zero attached hydrogens (tertiary/aromatic N) is 1. The molecule has 0 saturated heterocycles. The van der Waals surface area contributed by atoms with E-state index in [1.807, 2.05) is 76.2 Å². The largest absolute Gasteiger partial charge is 0.444 e. The van der Waals surface area contributed by atoms with E-state index < -0.39 is 11.7 Å². The highest BCUT2D eigenvalue weighted by molar-refractivity contribution is 5.95. The van der Waals surface area contributed by atoms with Crippen molar-refractivity contribution in [3.05, 3.63) is 60.2 Å². The molecule has 27 heavy (non-hydrogen) atoms. The van der Waals surface area contributed by atoms with E-state index in [9.17, 15) is 9.59 Å². The second-order valence-corrected chi connectivity index (χ2v) is 7.68. The maximum absolute atomic E-state index is 12.8. The van der Waals surface area contributed by atoms with Gasteiger partial charge in [-0.05, 0) is 51.0 Å². The summed E-state index contributed by atoms with van der Waals surface area (Å²) >= 11 is 0. The van der Waals surface area contributed by atoms with Gasteiger partial charge in [0.2, 0.25) is 0 Å². The molecule has 0 aliphatic carbocycles. The zero-order chi connectivity index (χ0) is 20.0. The highest BCUT2D eigenvalue weighted by atomic mass is 16.6. The minimum absolute atomic E-state index is 0.0920. The number of ether oxygens (including phenoxy) is 1. The fourth-order valence-corrected chi connectivity index (χ4v) is 2.73. The van der Waals surface area contributed by atoms with Gasteiger partial charge in [0, 0.05) is 25.2 Å². The molecule has 2 rings (SSSR count). The van der Waals surface area contributed by atoms with Crippen molar-refractivity contribution < 1.29 is 14.3 Å². The smallest absolute Gasteiger partial charge is 0.407 e. The molecule has 2 aromatic rings. The molecule has 0 heterocycles. The van der Waals surface area contributed by atoms with Crippen LogP contribution in [0.15, 0.2) is 54.6 Å². The van der Waals surface area contributed by atoms with Crippen molar-refractivity contribution in [3.63, 3.8) is 0 Å². The molecule has 5 heteroatoms. The number of carbonyl (C=O) groups is 2. The summed E-state index contributed by atoms with van der Waals surface area (Å²) in [7, 11) is 1.73. The highest BCUT2D eigenvalue weighted by Gasteiger charge is 2.20. The number of nitrogens with one attached hydrogen (secondary N) is 1. The predicted octanol–water partition coefficient (Wildman–Crippen LogP) is 4.34. The summed E-state index contributed by atoms with van der Waals surface area (Å²) in [5, 5.41) is 2.76. The van der Waals surface area contributed by atoms with Crippen molar-refractivity contribution in [2.45, 2.75) is 39.3 Å². The Morgan fingerprint density at radius 3 is 2.30 bits per heavy atom. The molecule has 144 valence electrons. The predicted molar refractivity (Wildman–Crippen MR) is 108 cm³/mol. The van der Waals surface area contributed by atoms with Gasteiger partial charge >= 0.3 is 6.09 Å². The second kappa shape index (κ2) is 8.71. The average Bonchev–Trinajstić information content (AvgIpc) is 2.60. The van der Waals surface area contributed by atoms with Gasteiger partial charge in [0.25, 0.3) is 5.91 Å². The van der Waals surface area contributed by atoms with E-state index in [1.54, 1.807) is 18.0 Å². The zero-order valence-electron chi connectivity index (χ0n) is 16.7. The Hall–Kier alpha value is -2.82. The molecule has 0 fully saturated rings. The van der Waals surface area contributed by atoms with Gasteiger partial charge in [-0.25, -0.2) is 4.79 Å². The van der Waals surface area contributed by atoms with Crippen molar-refractivity contribution in [2.75, 3.05) is 13.6 Å². The van der Waals surface area contributed by atoms with E-state index in [1.165, 1.54) is 0 Å². The molecule has 0 radical (unpaired) electrons. The Kier molecular flexibility index (Phi) is 6.61. The van der Waals surface area contributed by atoms with Gasteiger partial charge in [-0.15, -0.1) is 0 Å². The minimum Gasteiger partial charge on any atom is -0.444 e. The van der Waals surface area contributed by atoms with Crippen molar-refractivity contribution in [1.29, 1.82) is 0 Å². The SMILES string of the molecule is C[C@H](CN(C)C(=O)c1cccc(-c2ccccc2)c1)NC(=O)OC(C)(C)C. The fraction of sp³-hybridized carbons (Fsp3) is 0.364. The van der Waals surface area contributed by atoms with Crippen LogP contribution >= 0.6 is 0 Å². The Balaban J connectivity index is 2.00. The molecule has 0 saturated carbocycles. The summed E-state index contributed by atoms with van der Waals surface area (Å²) in [5.41, 5.74) is 2.12. The van der Waals surface area contributed by atoms with Crippen LogP contribution in [-0.4, -0.2) is 42.1 Å². The highest BCUT2D eigenvalue weighted by Crippen LogP contribution is 2.20. The van der Waals surface area contributed by atoms with Gasteiger partial charge in [-0.3, -0.25) is 4.79 Å². The number of hydrogen-bond acceptors (Lipinski definition) is 3. The Morgan fingerprint density at radius 1 is 1.04 bits per heavy atom. The lowest BCUT2D eigenvalue weighted by Crippen LogP contribution is -2.44. The summed E-state index contributed by atoms with van der Waals surface area (Å²) in [6.07, 6.45) is -0.484. The van der Waals surface area contributed by atoms with Crippen LogP contribution in [0.25, 0.3) is 11.1 Å². The van der Waals surface area contributed by atoms with E-state index in [0.717, 1.165) is 11.1 Å². The first-order chi connectivity index (χ1) is 12.7. The van der Waals surface area contributed by atoms with E-state index >= 15 is 0 Å². The van der Waals surface area contributed by atoms with Crippen molar-refractivity contribution >= 4 is 12.0 Å². The minimum atomic E-state index is -0.552. The third kappa shape index (κ3) is 6.44. The number of hydrogen-bond donors (Lipinski definition) is 1. The Labute approximate surface area is 161 Å². The van der Waals surface area contributed by atoms with Crippen molar-refractivity contribution in [1.82, 2.24) is 10.2 Å². The van der Waals surface area contributed by atoms with Gasteiger partial charge in [-0.2, -0.15) is 0 Å². The maximum atomic E-state index is 12.8. The van der Waals surface area contributed by atoms with Gasteiger partial charge in [0.15, 0.2) is 0 Å². The molecule has 0 aliphatic heterocycles. The summed E-state index contributed by atoms with van der Waals surface area (Å²) in [5.74, 6) is -0.0920. The van der Waals surface area contributed by atoms with E-state index in [0.29, 0.717) is 12.1 Å². The number of amides is 2. The first kappa shape index (κ1) is 20.5. The average molecular weight is 368 g/mol. The summed E-state index contributed by atoms with van der Waals surface area (Å²) in [6, 6.07) is 17.3. The molecule has 0 spiro atoms. The first-order valence-electron chi connectivity index (χ1n) is 9.06. The molecule has 2 aromatic carbocycles. The fourth-order valence-electron chi connectivity index (χ4n) is 2.73. The van der Waals surface area contributed by atoms with Crippen LogP contribution < -0.4 is 5.32 Å². The quantitative estimate of drug-likeness (QED) is 0.854. The monoisotopic (exact) mass is 368 g/mol. The first-order valence-corrected chi connectivity index (χ1v) is 9.06. The molecule has 0 aromatic heterocycles. The van der Waals surface area contributed by atoms with Crippen molar-refractivity contribution in [3.8, 4) is 11.1 Å². The van der Waals surface area contributed by atoms with Crippen LogP contribution in [0.4, 0.5) is 4.79 Å². The number of rotatable bonds is 5. The van der Waals surface area contributed by atoms with Crippen LogP contribution in [0.5, 0.6) is 0 Å². The molecule has 0 bridgehead atoms.